The Kier molecular flexibility index (Phi) is 2.82. The fraction of sp³-hybridized carbons (Fsp3) is 0.400. The second-order valence-corrected chi connectivity index (χ2v) is 5.44. The van der Waals surface area contributed by atoms with Gasteiger partial charge in [-0.15, -0.1) is 0 Å². The zero-order valence-corrected chi connectivity index (χ0v) is 11.2. The fourth-order valence-corrected chi connectivity index (χ4v) is 2.84. The standard InChI is InChI=1S/C15H18N2O2/c1-9-12(10-5-3-4-6-13(10)16-9)8-17(2)14-7-11(14)15(18)19/h3-6,11,14,16H,7-8H2,1-2H3,(H,18,19). The first-order valence-corrected chi connectivity index (χ1v) is 6.57. The van der Waals surface area contributed by atoms with Gasteiger partial charge in [0.05, 0.1) is 5.92 Å². The first-order valence-electron chi connectivity index (χ1n) is 6.57. The van der Waals surface area contributed by atoms with Crippen molar-refractivity contribution in [1.82, 2.24) is 9.88 Å². The topological polar surface area (TPSA) is 56.3 Å². The van der Waals surface area contributed by atoms with Gasteiger partial charge in [0, 0.05) is 29.2 Å². The summed E-state index contributed by atoms with van der Waals surface area (Å²) in [6.45, 7) is 2.87. The third-order valence-electron chi connectivity index (χ3n) is 4.07. The molecule has 0 aliphatic heterocycles. The van der Waals surface area contributed by atoms with Crippen LogP contribution < -0.4 is 0 Å². The molecule has 1 aromatic carbocycles. The zero-order valence-electron chi connectivity index (χ0n) is 11.2. The molecule has 0 bridgehead atoms. The van der Waals surface area contributed by atoms with Gasteiger partial charge in [-0.25, -0.2) is 0 Å². The highest BCUT2D eigenvalue weighted by Crippen LogP contribution is 2.36. The minimum atomic E-state index is -0.674. The van der Waals surface area contributed by atoms with Crippen molar-refractivity contribution >= 4 is 16.9 Å². The SMILES string of the molecule is Cc1[nH]c2ccccc2c1CN(C)C1CC1C(=O)O. The van der Waals surface area contributed by atoms with E-state index in [1.165, 1.54) is 16.6 Å². The number of rotatable bonds is 4. The highest BCUT2D eigenvalue weighted by molar-refractivity contribution is 5.84. The highest BCUT2D eigenvalue weighted by Gasteiger charge is 2.45. The number of nitrogens with zero attached hydrogens (tertiary/aromatic N) is 1. The van der Waals surface area contributed by atoms with E-state index in [0.29, 0.717) is 0 Å². The molecule has 4 heteroatoms. The van der Waals surface area contributed by atoms with Gasteiger partial charge in [-0.05, 0) is 32.0 Å². The molecule has 100 valence electrons. The average molecular weight is 258 g/mol. The minimum absolute atomic E-state index is 0.185. The summed E-state index contributed by atoms with van der Waals surface area (Å²) in [7, 11) is 2.01. The fourth-order valence-electron chi connectivity index (χ4n) is 2.84. The molecule has 0 amide bonds. The number of carboxylic acid groups (broad SMARTS) is 1. The summed E-state index contributed by atoms with van der Waals surface area (Å²) >= 11 is 0. The number of carbonyl (C=O) groups is 1. The first-order chi connectivity index (χ1) is 9.08. The summed E-state index contributed by atoms with van der Waals surface area (Å²) in [5, 5.41) is 10.2. The van der Waals surface area contributed by atoms with Gasteiger partial charge in [0.15, 0.2) is 0 Å². The number of para-hydroxylation sites is 1. The molecule has 1 aliphatic rings. The zero-order chi connectivity index (χ0) is 13.6. The molecule has 0 spiro atoms. The molecular weight excluding hydrogens is 240 g/mol. The van der Waals surface area contributed by atoms with E-state index in [1.54, 1.807) is 0 Å². The Hall–Kier alpha value is -1.81. The van der Waals surface area contributed by atoms with Gasteiger partial charge < -0.3 is 10.1 Å². The Morgan fingerprint density at radius 1 is 1.47 bits per heavy atom. The number of fused-ring (bicyclic) bond motifs is 1. The van der Waals surface area contributed by atoms with Crippen LogP contribution in [0.5, 0.6) is 0 Å². The van der Waals surface area contributed by atoms with Crippen LogP contribution in [0.15, 0.2) is 24.3 Å². The molecule has 1 aromatic heterocycles. The monoisotopic (exact) mass is 258 g/mol. The molecular formula is C15H18N2O2. The number of hydrogen-bond acceptors (Lipinski definition) is 2. The van der Waals surface area contributed by atoms with Gasteiger partial charge in [-0.2, -0.15) is 0 Å². The molecule has 2 N–H and O–H groups in total. The third-order valence-corrected chi connectivity index (χ3v) is 4.07. The quantitative estimate of drug-likeness (QED) is 0.885. The van der Waals surface area contributed by atoms with E-state index in [1.807, 2.05) is 19.2 Å². The van der Waals surface area contributed by atoms with Crippen LogP contribution in [0.25, 0.3) is 10.9 Å². The van der Waals surface area contributed by atoms with Gasteiger partial charge in [0.1, 0.15) is 0 Å². The van der Waals surface area contributed by atoms with Crippen LogP contribution in [0.3, 0.4) is 0 Å². The van der Waals surface area contributed by atoms with Crippen molar-refractivity contribution in [2.24, 2.45) is 5.92 Å². The van der Waals surface area contributed by atoms with Crippen LogP contribution in [-0.4, -0.2) is 34.0 Å². The summed E-state index contributed by atoms with van der Waals surface area (Å²) in [5.74, 6) is -0.858. The summed E-state index contributed by atoms with van der Waals surface area (Å²) in [5.41, 5.74) is 3.59. The maximum Gasteiger partial charge on any atom is 0.308 e. The van der Waals surface area contributed by atoms with Crippen molar-refractivity contribution in [2.45, 2.75) is 25.9 Å². The molecule has 1 aliphatic carbocycles. The van der Waals surface area contributed by atoms with E-state index in [9.17, 15) is 4.79 Å². The highest BCUT2D eigenvalue weighted by atomic mass is 16.4. The average Bonchev–Trinajstić information content (AvgIpc) is 3.12. The van der Waals surface area contributed by atoms with E-state index in [-0.39, 0.29) is 12.0 Å². The van der Waals surface area contributed by atoms with Crippen LogP contribution in [0.2, 0.25) is 0 Å². The number of aliphatic carboxylic acids is 1. The Morgan fingerprint density at radius 3 is 2.89 bits per heavy atom. The number of aromatic nitrogens is 1. The van der Waals surface area contributed by atoms with Crippen LogP contribution in [0.1, 0.15) is 17.7 Å². The molecule has 0 saturated heterocycles. The largest absolute Gasteiger partial charge is 0.481 e. The van der Waals surface area contributed by atoms with Crippen molar-refractivity contribution in [3.63, 3.8) is 0 Å². The molecule has 1 saturated carbocycles. The van der Waals surface area contributed by atoms with Crippen LogP contribution in [-0.2, 0) is 11.3 Å². The van der Waals surface area contributed by atoms with Crippen LogP contribution in [0, 0.1) is 12.8 Å². The Labute approximate surface area is 112 Å². The lowest BCUT2D eigenvalue weighted by molar-refractivity contribution is -0.138. The number of carboxylic acids is 1. The van der Waals surface area contributed by atoms with Gasteiger partial charge in [-0.3, -0.25) is 9.69 Å². The van der Waals surface area contributed by atoms with E-state index in [2.05, 4.69) is 28.9 Å². The van der Waals surface area contributed by atoms with Crippen LogP contribution in [0.4, 0.5) is 0 Å². The predicted molar refractivity (Wildman–Crippen MR) is 74.0 cm³/mol. The number of H-pyrrole nitrogens is 1. The van der Waals surface area contributed by atoms with Gasteiger partial charge in [0.25, 0.3) is 0 Å². The second kappa shape index (κ2) is 4.38. The predicted octanol–water partition coefficient (Wildman–Crippen LogP) is 2.38. The van der Waals surface area contributed by atoms with Crippen molar-refractivity contribution < 1.29 is 9.90 Å². The number of hydrogen-bond donors (Lipinski definition) is 2. The molecule has 1 fully saturated rings. The Balaban J connectivity index is 1.82. The Morgan fingerprint density at radius 2 is 2.21 bits per heavy atom. The molecule has 19 heavy (non-hydrogen) atoms. The molecule has 2 aromatic rings. The van der Waals surface area contributed by atoms with Crippen molar-refractivity contribution in [3.8, 4) is 0 Å². The molecule has 3 rings (SSSR count). The lowest BCUT2D eigenvalue weighted by atomic mass is 10.1. The smallest absolute Gasteiger partial charge is 0.308 e. The number of aromatic amines is 1. The number of aryl methyl sites for hydroxylation is 1. The molecule has 2 unspecified atom stereocenters. The summed E-state index contributed by atoms with van der Waals surface area (Å²) in [6.07, 6.45) is 0.771. The van der Waals surface area contributed by atoms with Crippen LogP contribution >= 0.6 is 0 Å². The van der Waals surface area contributed by atoms with Crippen molar-refractivity contribution in [1.29, 1.82) is 0 Å². The van der Waals surface area contributed by atoms with E-state index < -0.39 is 5.97 Å². The Bertz CT molecular complexity index is 632. The third kappa shape index (κ3) is 2.12. The first kappa shape index (κ1) is 12.2. The van der Waals surface area contributed by atoms with Crippen molar-refractivity contribution in [2.75, 3.05) is 7.05 Å². The summed E-state index contributed by atoms with van der Waals surface area (Å²) in [6, 6.07) is 8.43. The van der Waals surface area contributed by atoms with Gasteiger partial charge >= 0.3 is 5.97 Å². The normalized spacial score (nSPS) is 22.1. The van der Waals surface area contributed by atoms with Gasteiger partial charge in [0.2, 0.25) is 0 Å². The summed E-state index contributed by atoms with van der Waals surface area (Å²) in [4.78, 5) is 16.5. The van der Waals surface area contributed by atoms with E-state index in [4.69, 9.17) is 5.11 Å². The van der Waals surface area contributed by atoms with E-state index in [0.717, 1.165) is 18.5 Å². The van der Waals surface area contributed by atoms with Gasteiger partial charge in [-0.1, -0.05) is 18.2 Å². The maximum atomic E-state index is 10.9. The molecule has 2 atom stereocenters. The lowest BCUT2D eigenvalue weighted by Crippen LogP contribution is -2.23. The second-order valence-electron chi connectivity index (χ2n) is 5.44. The lowest BCUT2D eigenvalue weighted by Gasteiger charge is -2.16. The minimum Gasteiger partial charge on any atom is -0.481 e. The number of nitrogens with one attached hydrogen (secondary N) is 1. The molecule has 1 heterocycles. The summed E-state index contributed by atoms with van der Waals surface area (Å²) < 4.78 is 0. The van der Waals surface area contributed by atoms with Crippen molar-refractivity contribution in [3.05, 3.63) is 35.5 Å². The van der Waals surface area contributed by atoms with E-state index >= 15 is 0 Å². The molecule has 0 radical (unpaired) electrons. The molecule has 4 nitrogen and oxygen atoms in total. The number of benzene rings is 1. The maximum absolute atomic E-state index is 10.9.